The lowest BCUT2D eigenvalue weighted by atomic mass is 10.1. The van der Waals surface area contributed by atoms with Gasteiger partial charge in [0, 0.05) is 13.6 Å². The van der Waals surface area contributed by atoms with Crippen molar-refractivity contribution < 1.29 is 4.74 Å². The molecule has 0 fully saturated rings. The second kappa shape index (κ2) is 11.8. The van der Waals surface area contributed by atoms with E-state index in [1.807, 2.05) is 26.1 Å². The van der Waals surface area contributed by atoms with Crippen molar-refractivity contribution in [3.05, 3.63) is 42.0 Å². The number of rotatable bonds is 8. The molecule has 0 saturated heterocycles. The van der Waals surface area contributed by atoms with Crippen molar-refractivity contribution in [2.45, 2.75) is 40.3 Å². The first-order chi connectivity index (χ1) is 12.5. The molecular weight excluding hydrogens is 455 g/mol. The molecule has 150 valence electrons. The molecule has 0 aliphatic rings. The van der Waals surface area contributed by atoms with Gasteiger partial charge in [-0.1, -0.05) is 26.0 Å². The summed E-state index contributed by atoms with van der Waals surface area (Å²) in [6, 6.07) is 8.31. The molecule has 0 amide bonds. The van der Waals surface area contributed by atoms with Crippen LogP contribution in [0.3, 0.4) is 0 Å². The van der Waals surface area contributed by atoms with E-state index >= 15 is 0 Å². The van der Waals surface area contributed by atoms with E-state index in [1.165, 1.54) is 11.9 Å². The average molecular weight is 486 g/mol. The van der Waals surface area contributed by atoms with E-state index in [2.05, 4.69) is 58.6 Å². The zero-order valence-electron chi connectivity index (χ0n) is 16.8. The summed E-state index contributed by atoms with van der Waals surface area (Å²) in [4.78, 5) is 8.79. The second-order valence-corrected chi connectivity index (χ2v) is 6.63. The van der Waals surface area contributed by atoms with Crippen molar-refractivity contribution in [1.82, 2.24) is 25.4 Å². The van der Waals surface area contributed by atoms with Crippen LogP contribution in [0.25, 0.3) is 0 Å². The number of ether oxygens (including phenoxy) is 1. The van der Waals surface area contributed by atoms with E-state index in [1.54, 1.807) is 4.68 Å². The van der Waals surface area contributed by atoms with Gasteiger partial charge in [0.25, 0.3) is 0 Å². The Kier molecular flexibility index (Phi) is 10.1. The Morgan fingerprint density at radius 2 is 1.93 bits per heavy atom. The summed E-state index contributed by atoms with van der Waals surface area (Å²) < 4.78 is 7.47. The van der Waals surface area contributed by atoms with Gasteiger partial charge in [-0.3, -0.25) is 4.68 Å². The largest absolute Gasteiger partial charge is 0.493 e. The Morgan fingerprint density at radius 3 is 2.48 bits per heavy atom. The number of aryl methyl sites for hydroxylation is 1. The number of hydrogen-bond donors (Lipinski definition) is 2. The third kappa shape index (κ3) is 7.74. The molecule has 1 aromatic carbocycles. The normalized spacial score (nSPS) is 12.4. The molecule has 0 bridgehead atoms. The predicted molar refractivity (Wildman–Crippen MR) is 120 cm³/mol. The van der Waals surface area contributed by atoms with Crippen LogP contribution in [0, 0.1) is 5.92 Å². The minimum atomic E-state index is 0. The molecule has 1 unspecified atom stereocenters. The highest BCUT2D eigenvalue weighted by Crippen LogP contribution is 2.18. The highest BCUT2D eigenvalue weighted by molar-refractivity contribution is 14.0. The fourth-order valence-electron chi connectivity index (χ4n) is 2.34. The summed E-state index contributed by atoms with van der Waals surface area (Å²) >= 11 is 0. The maximum absolute atomic E-state index is 5.74. The Bertz CT molecular complexity index is 698. The summed E-state index contributed by atoms with van der Waals surface area (Å²) in [6.07, 6.45) is 1.54. The molecule has 27 heavy (non-hydrogen) atoms. The number of guanidine groups is 1. The standard InChI is InChI=1S/C19H30N6O.HI/c1-6-20-19(21-11-18-22-13-23-25(18)5)24-15(4)16-7-9-17(10-8-16)26-12-14(2)3;/h7-10,13-15H,6,11-12H2,1-5H3,(H2,20,21,24);1H. The first kappa shape index (κ1) is 23.2. The molecule has 0 spiro atoms. The van der Waals surface area contributed by atoms with Crippen molar-refractivity contribution >= 4 is 29.9 Å². The van der Waals surface area contributed by atoms with Crippen LogP contribution in [0.2, 0.25) is 0 Å². The SMILES string of the molecule is CCNC(=NCc1ncnn1C)NC(C)c1ccc(OCC(C)C)cc1.I. The van der Waals surface area contributed by atoms with Gasteiger partial charge in [0.2, 0.25) is 0 Å². The highest BCUT2D eigenvalue weighted by Gasteiger charge is 2.09. The van der Waals surface area contributed by atoms with E-state index in [-0.39, 0.29) is 30.0 Å². The molecule has 0 aliphatic heterocycles. The van der Waals surface area contributed by atoms with Gasteiger partial charge in [-0.15, -0.1) is 24.0 Å². The molecule has 7 nitrogen and oxygen atoms in total. The number of aromatic nitrogens is 3. The van der Waals surface area contributed by atoms with Crippen LogP contribution in [0.1, 0.15) is 45.1 Å². The minimum Gasteiger partial charge on any atom is -0.493 e. The maximum Gasteiger partial charge on any atom is 0.192 e. The number of benzene rings is 1. The van der Waals surface area contributed by atoms with Crippen molar-refractivity contribution in [3.63, 3.8) is 0 Å². The maximum atomic E-state index is 5.74. The van der Waals surface area contributed by atoms with Crippen LogP contribution in [0.5, 0.6) is 5.75 Å². The van der Waals surface area contributed by atoms with Gasteiger partial charge in [-0.2, -0.15) is 5.10 Å². The van der Waals surface area contributed by atoms with Crippen molar-refractivity contribution in [3.8, 4) is 5.75 Å². The third-order valence-electron chi connectivity index (χ3n) is 3.84. The zero-order valence-corrected chi connectivity index (χ0v) is 19.1. The summed E-state index contributed by atoms with van der Waals surface area (Å²) in [5, 5.41) is 10.8. The summed E-state index contributed by atoms with van der Waals surface area (Å²) in [5.41, 5.74) is 1.17. The highest BCUT2D eigenvalue weighted by atomic mass is 127. The van der Waals surface area contributed by atoms with Gasteiger partial charge >= 0.3 is 0 Å². The van der Waals surface area contributed by atoms with Gasteiger partial charge in [0.1, 0.15) is 24.4 Å². The lowest BCUT2D eigenvalue weighted by Gasteiger charge is -2.18. The van der Waals surface area contributed by atoms with Gasteiger partial charge in [-0.05, 0) is 37.5 Å². The van der Waals surface area contributed by atoms with Crippen molar-refractivity contribution in [2.24, 2.45) is 18.0 Å². The molecular formula is C19H31IN6O. The van der Waals surface area contributed by atoms with Gasteiger partial charge < -0.3 is 15.4 Å². The van der Waals surface area contributed by atoms with Crippen LogP contribution >= 0.6 is 24.0 Å². The van der Waals surface area contributed by atoms with E-state index in [4.69, 9.17) is 4.74 Å². The van der Waals surface area contributed by atoms with Crippen LogP contribution in [-0.4, -0.2) is 33.9 Å². The monoisotopic (exact) mass is 486 g/mol. The fourth-order valence-corrected chi connectivity index (χ4v) is 2.34. The summed E-state index contributed by atoms with van der Waals surface area (Å²) in [5.74, 6) is 2.99. The smallest absolute Gasteiger partial charge is 0.192 e. The number of halogens is 1. The Hall–Kier alpha value is -1.84. The molecule has 0 saturated carbocycles. The number of aliphatic imine (C=N–C) groups is 1. The number of nitrogens with one attached hydrogen (secondary N) is 2. The second-order valence-electron chi connectivity index (χ2n) is 6.63. The molecule has 0 radical (unpaired) electrons. The summed E-state index contributed by atoms with van der Waals surface area (Å²) in [6.45, 7) is 10.4. The Morgan fingerprint density at radius 1 is 1.22 bits per heavy atom. The molecule has 2 N–H and O–H groups in total. The average Bonchev–Trinajstić information content (AvgIpc) is 3.03. The van der Waals surface area contributed by atoms with Gasteiger partial charge in [0.05, 0.1) is 12.6 Å². The van der Waals surface area contributed by atoms with E-state index < -0.39 is 0 Å². The number of nitrogens with zero attached hydrogens (tertiary/aromatic N) is 4. The molecule has 1 aromatic heterocycles. The fraction of sp³-hybridized carbons (Fsp3) is 0.526. The van der Waals surface area contributed by atoms with Crippen molar-refractivity contribution in [1.29, 1.82) is 0 Å². The van der Waals surface area contributed by atoms with E-state index in [9.17, 15) is 0 Å². The van der Waals surface area contributed by atoms with Crippen molar-refractivity contribution in [2.75, 3.05) is 13.2 Å². The molecule has 2 rings (SSSR count). The predicted octanol–water partition coefficient (Wildman–Crippen LogP) is 3.28. The Labute approximate surface area is 179 Å². The topological polar surface area (TPSA) is 76.4 Å². The first-order valence-corrected chi connectivity index (χ1v) is 9.10. The Balaban J connectivity index is 0.00000364. The van der Waals surface area contributed by atoms with Crippen LogP contribution in [0.4, 0.5) is 0 Å². The quantitative estimate of drug-likeness (QED) is 0.340. The minimum absolute atomic E-state index is 0. The summed E-state index contributed by atoms with van der Waals surface area (Å²) in [7, 11) is 1.86. The molecule has 1 heterocycles. The molecule has 0 aliphatic carbocycles. The molecule has 2 aromatic rings. The molecule has 8 heteroatoms. The molecule has 1 atom stereocenters. The van der Waals surface area contributed by atoms with Crippen LogP contribution in [-0.2, 0) is 13.6 Å². The van der Waals surface area contributed by atoms with Crippen LogP contribution in [0.15, 0.2) is 35.6 Å². The lowest BCUT2D eigenvalue weighted by molar-refractivity contribution is 0.271. The van der Waals surface area contributed by atoms with Crippen LogP contribution < -0.4 is 15.4 Å². The third-order valence-corrected chi connectivity index (χ3v) is 3.84. The van der Waals surface area contributed by atoms with Gasteiger partial charge in [0.15, 0.2) is 5.96 Å². The van der Waals surface area contributed by atoms with E-state index in [0.717, 1.165) is 30.7 Å². The number of hydrogen-bond acceptors (Lipinski definition) is 4. The zero-order chi connectivity index (χ0) is 18.9. The lowest BCUT2D eigenvalue weighted by Crippen LogP contribution is -2.38. The van der Waals surface area contributed by atoms with E-state index in [0.29, 0.717) is 12.5 Å². The first-order valence-electron chi connectivity index (χ1n) is 9.10. The van der Waals surface area contributed by atoms with Gasteiger partial charge in [-0.25, -0.2) is 9.98 Å².